The lowest BCUT2D eigenvalue weighted by Crippen LogP contribution is -2.56. The quantitative estimate of drug-likeness (QED) is 0.221. The zero-order chi connectivity index (χ0) is 29.3. The number of methoxy groups -OCH3 is 1. The van der Waals surface area contributed by atoms with Gasteiger partial charge in [0.1, 0.15) is 5.01 Å². The van der Waals surface area contributed by atoms with Crippen molar-refractivity contribution in [2.75, 3.05) is 27.2 Å². The maximum atomic E-state index is 12.6. The van der Waals surface area contributed by atoms with Gasteiger partial charge in [-0.05, 0) is 24.9 Å². The fraction of sp³-hybridized carbons (Fsp3) is 0.414. The number of aliphatic hydroxyl groups is 1. The number of aromatic nitrogens is 1. The van der Waals surface area contributed by atoms with Gasteiger partial charge >= 0.3 is 0 Å². The molecule has 2 aromatic carbocycles. The highest BCUT2D eigenvalue weighted by Gasteiger charge is 2.31. The van der Waals surface area contributed by atoms with Crippen molar-refractivity contribution in [3.8, 4) is 10.6 Å². The molecule has 3 aromatic rings. The molecule has 0 aliphatic heterocycles. The van der Waals surface area contributed by atoms with Crippen LogP contribution in [-0.2, 0) is 20.9 Å². The number of hydrazine groups is 1. The number of carbonyl (C=O) groups excluding carboxylic acids is 2. The van der Waals surface area contributed by atoms with Gasteiger partial charge in [-0.3, -0.25) is 15.0 Å². The van der Waals surface area contributed by atoms with E-state index < -0.39 is 6.10 Å². The lowest BCUT2D eigenvalue weighted by molar-refractivity contribution is -0.131. The molecule has 0 saturated carbocycles. The SMILES string of the molecule is CNC(C(=O)NN(Cc1ccccc1)CC(O)CN)C(C)(C)C.COC=O.Cc1ccc(-c2nccs2)cc1. The number of ether oxygens (including phenoxy) is 1. The molecule has 1 amide bonds. The first-order valence-electron chi connectivity index (χ1n) is 12.6. The zero-order valence-corrected chi connectivity index (χ0v) is 24.6. The van der Waals surface area contributed by atoms with Gasteiger partial charge in [0.2, 0.25) is 0 Å². The minimum Gasteiger partial charge on any atom is -0.471 e. The Morgan fingerprint density at radius 1 is 1.18 bits per heavy atom. The molecule has 39 heavy (non-hydrogen) atoms. The molecule has 2 unspecified atom stereocenters. The highest BCUT2D eigenvalue weighted by molar-refractivity contribution is 7.13. The number of nitrogens with one attached hydrogen (secondary N) is 2. The summed E-state index contributed by atoms with van der Waals surface area (Å²) in [5.41, 5.74) is 11.7. The Kier molecular flexibility index (Phi) is 15.8. The zero-order valence-electron chi connectivity index (χ0n) is 23.8. The Labute approximate surface area is 236 Å². The number of hydrogen-bond donors (Lipinski definition) is 4. The van der Waals surface area contributed by atoms with E-state index in [0.29, 0.717) is 13.0 Å². The fourth-order valence-corrected chi connectivity index (χ4v) is 4.17. The average Bonchev–Trinajstić information content (AvgIpc) is 3.45. The molecule has 0 aliphatic carbocycles. The van der Waals surface area contributed by atoms with E-state index in [2.05, 4.69) is 51.7 Å². The molecule has 3 rings (SSSR count). The second-order valence-corrected chi connectivity index (χ2v) is 10.7. The van der Waals surface area contributed by atoms with Gasteiger partial charge in [-0.25, -0.2) is 9.99 Å². The maximum Gasteiger partial charge on any atom is 0.292 e. The first kappa shape index (κ1) is 33.9. The molecule has 1 aromatic heterocycles. The third kappa shape index (κ3) is 13.5. The van der Waals surface area contributed by atoms with Crippen molar-refractivity contribution in [2.45, 2.75) is 46.4 Å². The van der Waals surface area contributed by atoms with E-state index in [0.717, 1.165) is 10.6 Å². The number of carbonyl (C=O) groups is 2. The van der Waals surface area contributed by atoms with Crippen LogP contribution < -0.4 is 16.5 Å². The van der Waals surface area contributed by atoms with Gasteiger partial charge in [0.15, 0.2) is 0 Å². The van der Waals surface area contributed by atoms with Gasteiger partial charge in [-0.1, -0.05) is 80.9 Å². The molecular weight excluding hydrogens is 514 g/mol. The highest BCUT2D eigenvalue weighted by atomic mass is 32.1. The van der Waals surface area contributed by atoms with Crippen LogP contribution in [0.2, 0.25) is 0 Å². The van der Waals surface area contributed by atoms with Crippen LogP contribution in [0, 0.1) is 12.3 Å². The Hall–Kier alpha value is -3.15. The van der Waals surface area contributed by atoms with E-state index in [4.69, 9.17) is 10.5 Å². The van der Waals surface area contributed by atoms with Crippen LogP contribution in [0.4, 0.5) is 0 Å². The van der Waals surface area contributed by atoms with E-state index in [-0.39, 0.29) is 30.5 Å². The highest BCUT2D eigenvalue weighted by Crippen LogP contribution is 2.21. The lowest BCUT2D eigenvalue weighted by Gasteiger charge is -2.32. The maximum absolute atomic E-state index is 12.6. The summed E-state index contributed by atoms with van der Waals surface area (Å²) in [6.45, 7) is 9.40. The summed E-state index contributed by atoms with van der Waals surface area (Å²) in [4.78, 5) is 25.7. The minimum atomic E-state index is -0.693. The molecule has 2 atom stereocenters. The molecule has 0 radical (unpaired) electrons. The monoisotopic (exact) mass is 557 g/mol. The second kappa shape index (κ2) is 18.2. The van der Waals surface area contributed by atoms with E-state index in [1.54, 1.807) is 23.4 Å². The number of hydrogen-bond acceptors (Lipinski definition) is 9. The van der Waals surface area contributed by atoms with Crippen LogP contribution in [0.15, 0.2) is 66.2 Å². The summed E-state index contributed by atoms with van der Waals surface area (Å²) in [6, 6.07) is 17.9. The summed E-state index contributed by atoms with van der Waals surface area (Å²) < 4.78 is 3.86. The molecule has 9 nitrogen and oxygen atoms in total. The van der Waals surface area contributed by atoms with Crippen LogP contribution in [0.25, 0.3) is 10.6 Å². The largest absolute Gasteiger partial charge is 0.471 e. The molecule has 0 fully saturated rings. The number of benzene rings is 2. The topological polar surface area (TPSA) is 130 Å². The third-order valence-electron chi connectivity index (χ3n) is 5.43. The lowest BCUT2D eigenvalue weighted by atomic mass is 9.86. The van der Waals surface area contributed by atoms with Gasteiger partial charge < -0.3 is 20.9 Å². The molecule has 0 spiro atoms. The number of rotatable bonds is 10. The predicted molar refractivity (Wildman–Crippen MR) is 158 cm³/mol. The Morgan fingerprint density at radius 2 is 1.79 bits per heavy atom. The molecule has 0 bridgehead atoms. The van der Waals surface area contributed by atoms with Crippen molar-refractivity contribution in [2.24, 2.45) is 11.1 Å². The Balaban J connectivity index is 0.000000391. The van der Waals surface area contributed by atoms with Crippen LogP contribution in [0.3, 0.4) is 0 Å². The van der Waals surface area contributed by atoms with Crippen LogP contribution in [0.5, 0.6) is 0 Å². The average molecular weight is 558 g/mol. The van der Waals surface area contributed by atoms with Crippen molar-refractivity contribution in [1.29, 1.82) is 0 Å². The summed E-state index contributed by atoms with van der Waals surface area (Å²) in [7, 11) is 3.08. The molecule has 5 N–H and O–H groups in total. The normalized spacial score (nSPS) is 12.2. The number of nitrogens with two attached hydrogens (primary N) is 1. The van der Waals surface area contributed by atoms with Crippen LogP contribution in [0.1, 0.15) is 31.9 Å². The standard InChI is InChI=1S/C17H30N4O2.C10H9NS.C2H4O2/c1-17(2,3)15(19-4)16(23)20-21(12-14(22)10-18)11-13-8-6-5-7-9-13;1-8-2-4-9(5-3-8)10-11-6-7-12-10;1-4-2-3/h5-9,14-15,19,22H,10-12,18H2,1-4H3,(H,20,23);2-7H,1H3;2H,1H3. The number of aryl methyl sites for hydroxylation is 1. The van der Waals surface area contributed by atoms with E-state index in [1.807, 2.05) is 62.7 Å². The van der Waals surface area contributed by atoms with E-state index in [9.17, 15) is 9.90 Å². The van der Waals surface area contributed by atoms with Crippen LogP contribution >= 0.6 is 11.3 Å². The number of nitrogens with zero attached hydrogens (tertiary/aromatic N) is 2. The molecule has 10 heteroatoms. The van der Waals surface area contributed by atoms with Gasteiger partial charge in [0, 0.05) is 36.8 Å². The van der Waals surface area contributed by atoms with Crippen molar-refractivity contribution in [1.82, 2.24) is 20.7 Å². The first-order chi connectivity index (χ1) is 18.5. The van der Waals surface area contributed by atoms with Crippen molar-refractivity contribution >= 4 is 23.7 Å². The number of aliphatic hydroxyl groups excluding tert-OH is 1. The molecule has 0 aliphatic rings. The summed E-state index contributed by atoms with van der Waals surface area (Å²) in [5.74, 6) is -0.125. The number of amides is 1. The van der Waals surface area contributed by atoms with E-state index in [1.165, 1.54) is 18.2 Å². The van der Waals surface area contributed by atoms with Crippen LogP contribution in [-0.4, -0.2) is 66.9 Å². The Morgan fingerprint density at radius 3 is 2.26 bits per heavy atom. The second-order valence-electron chi connectivity index (χ2n) is 9.85. The van der Waals surface area contributed by atoms with Gasteiger partial charge in [0.25, 0.3) is 12.4 Å². The predicted octanol–water partition coefficient (Wildman–Crippen LogP) is 3.38. The van der Waals surface area contributed by atoms with Crippen molar-refractivity contribution in [3.63, 3.8) is 0 Å². The summed E-state index contributed by atoms with van der Waals surface area (Å²) in [5, 5.41) is 17.7. The summed E-state index contributed by atoms with van der Waals surface area (Å²) >= 11 is 1.67. The molecule has 0 saturated heterocycles. The van der Waals surface area contributed by atoms with Crippen molar-refractivity contribution < 1.29 is 19.4 Å². The fourth-order valence-electron chi connectivity index (χ4n) is 3.52. The number of thiazole rings is 1. The van der Waals surface area contributed by atoms with E-state index >= 15 is 0 Å². The molecule has 214 valence electrons. The van der Waals surface area contributed by atoms with Crippen molar-refractivity contribution in [3.05, 3.63) is 77.3 Å². The minimum absolute atomic E-state index is 0.125. The first-order valence-corrected chi connectivity index (χ1v) is 13.5. The number of likely N-dealkylation sites (N-methyl/N-ethyl adjacent to an activating group) is 1. The van der Waals surface area contributed by atoms with Gasteiger partial charge in [0.05, 0.1) is 19.3 Å². The summed E-state index contributed by atoms with van der Waals surface area (Å²) in [6.07, 6.45) is 1.14. The molecule has 1 heterocycles. The van der Waals surface area contributed by atoms with Gasteiger partial charge in [-0.2, -0.15) is 0 Å². The van der Waals surface area contributed by atoms with Gasteiger partial charge in [-0.15, -0.1) is 11.3 Å². The smallest absolute Gasteiger partial charge is 0.292 e. The molecular formula is C29H43N5O4S. The third-order valence-corrected chi connectivity index (χ3v) is 6.25. The Bertz CT molecular complexity index is 1060.